The van der Waals surface area contributed by atoms with Gasteiger partial charge in [0.05, 0.1) is 11.6 Å². The number of benzene rings is 1. The standard InChI is InChI=1S/C14H17NO2/c1-11(17)12-6-2-3-7-13(12)14(15-10-16)8-4-5-9-14/h2-3,6-7,11,17H,4-5,8-9H2,1H3. The second kappa shape index (κ2) is 4.82. The van der Waals surface area contributed by atoms with Gasteiger partial charge in [-0.05, 0) is 30.9 Å². The molecule has 3 heteroatoms. The predicted molar refractivity (Wildman–Crippen MR) is 65.3 cm³/mol. The second-order valence-electron chi connectivity index (χ2n) is 4.71. The highest BCUT2D eigenvalue weighted by molar-refractivity contribution is 5.42. The number of aliphatic hydroxyl groups excluding tert-OH is 1. The average Bonchev–Trinajstić information content (AvgIpc) is 2.79. The lowest BCUT2D eigenvalue weighted by Crippen LogP contribution is -2.21. The van der Waals surface area contributed by atoms with Crippen LogP contribution in [0.3, 0.4) is 0 Å². The number of aliphatic imine (C=N–C) groups is 1. The maximum atomic E-state index is 10.7. The Balaban J connectivity index is 2.53. The van der Waals surface area contributed by atoms with Crippen LogP contribution in [0.25, 0.3) is 0 Å². The molecular formula is C14H17NO2. The lowest BCUT2D eigenvalue weighted by atomic mass is 9.84. The molecule has 1 fully saturated rings. The molecule has 0 bridgehead atoms. The smallest absolute Gasteiger partial charge is 0.235 e. The Morgan fingerprint density at radius 2 is 2.00 bits per heavy atom. The number of carbonyl (C=O) groups excluding carboxylic acids is 1. The molecule has 90 valence electrons. The van der Waals surface area contributed by atoms with Crippen LogP contribution in [-0.4, -0.2) is 11.2 Å². The minimum absolute atomic E-state index is 0.449. The van der Waals surface area contributed by atoms with Crippen LogP contribution in [0.4, 0.5) is 0 Å². The summed E-state index contributed by atoms with van der Waals surface area (Å²) >= 11 is 0. The molecule has 1 aromatic carbocycles. The summed E-state index contributed by atoms with van der Waals surface area (Å²) in [7, 11) is 0. The second-order valence-corrected chi connectivity index (χ2v) is 4.71. The summed E-state index contributed by atoms with van der Waals surface area (Å²) in [5.74, 6) is 0. The molecule has 1 aromatic rings. The van der Waals surface area contributed by atoms with E-state index >= 15 is 0 Å². The molecule has 0 aliphatic heterocycles. The van der Waals surface area contributed by atoms with Gasteiger partial charge in [0.1, 0.15) is 0 Å². The molecule has 1 aliphatic carbocycles. The molecule has 17 heavy (non-hydrogen) atoms. The number of aliphatic hydroxyl groups is 1. The Morgan fingerprint density at radius 1 is 1.35 bits per heavy atom. The third kappa shape index (κ3) is 2.17. The van der Waals surface area contributed by atoms with Crippen LogP contribution in [0.1, 0.15) is 49.8 Å². The molecule has 0 saturated heterocycles. The molecular weight excluding hydrogens is 214 g/mol. The molecule has 0 radical (unpaired) electrons. The summed E-state index contributed by atoms with van der Waals surface area (Å²) in [6, 6.07) is 7.70. The zero-order valence-corrected chi connectivity index (χ0v) is 10.0. The van der Waals surface area contributed by atoms with Crippen LogP contribution in [0.5, 0.6) is 0 Å². The Kier molecular flexibility index (Phi) is 3.41. The largest absolute Gasteiger partial charge is 0.389 e. The fourth-order valence-electron chi connectivity index (χ4n) is 2.77. The molecule has 1 N–H and O–H groups in total. The van der Waals surface area contributed by atoms with Crippen LogP contribution in [0.2, 0.25) is 0 Å². The van der Waals surface area contributed by atoms with Crippen molar-refractivity contribution >= 4 is 6.08 Å². The SMILES string of the molecule is CC(O)c1ccccc1C1(N=C=O)CCCC1. The lowest BCUT2D eigenvalue weighted by molar-refractivity contribution is 0.195. The molecule has 1 saturated carbocycles. The summed E-state index contributed by atoms with van der Waals surface area (Å²) < 4.78 is 0. The van der Waals surface area contributed by atoms with E-state index in [0.717, 1.165) is 36.8 Å². The van der Waals surface area contributed by atoms with Gasteiger partial charge in [-0.15, -0.1) is 0 Å². The normalized spacial score (nSPS) is 19.6. The highest BCUT2D eigenvalue weighted by atomic mass is 16.3. The number of hydrogen-bond donors (Lipinski definition) is 1. The Hall–Kier alpha value is -1.44. The average molecular weight is 231 g/mol. The van der Waals surface area contributed by atoms with Crippen LogP contribution >= 0.6 is 0 Å². The van der Waals surface area contributed by atoms with Crippen LogP contribution in [0.15, 0.2) is 29.3 Å². The van der Waals surface area contributed by atoms with Crippen molar-refractivity contribution in [3.63, 3.8) is 0 Å². The molecule has 1 aliphatic rings. The van der Waals surface area contributed by atoms with Gasteiger partial charge in [0, 0.05) is 0 Å². The van der Waals surface area contributed by atoms with Crippen LogP contribution in [-0.2, 0) is 10.3 Å². The first-order valence-electron chi connectivity index (χ1n) is 6.06. The molecule has 3 nitrogen and oxygen atoms in total. The van der Waals surface area contributed by atoms with Crippen molar-refractivity contribution in [2.75, 3.05) is 0 Å². The van der Waals surface area contributed by atoms with E-state index in [1.54, 1.807) is 13.0 Å². The summed E-state index contributed by atoms with van der Waals surface area (Å²) in [4.78, 5) is 14.7. The van der Waals surface area contributed by atoms with Gasteiger partial charge in [0.15, 0.2) is 0 Å². The van der Waals surface area contributed by atoms with Gasteiger partial charge in [-0.3, -0.25) is 0 Å². The van der Waals surface area contributed by atoms with Crippen molar-refractivity contribution in [3.8, 4) is 0 Å². The minimum Gasteiger partial charge on any atom is -0.389 e. The van der Waals surface area contributed by atoms with Gasteiger partial charge in [0.25, 0.3) is 0 Å². The van der Waals surface area contributed by atoms with Gasteiger partial charge in [0.2, 0.25) is 6.08 Å². The number of hydrogen-bond acceptors (Lipinski definition) is 3. The van der Waals surface area contributed by atoms with Crippen molar-refractivity contribution in [2.24, 2.45) is 4.99 Å². The molecule has 0 spiro atoms. The van der Waals surface area contributed by atoms with Crippen molar-refractivity contribution in [1.29, 1.82) is 0 Å². The fourth-order valence-corrected chi connectivity index (χ4v) is 2.77. The summed E-state index contributed by atoms with van der Waals surface area (Å²) in [6.07, 6.45) is 5.04. The van der Waals surface area contributed by atoms with Crippen molar-refractivity contribution in [2.45, 2.75) is 44.2 Å². The van der Waals surface area contributed by atoms with Crippen LogP contribution in [0, 0.1) is 0 Å². The maximum Gasteiger partial charge on any atom is 0.235 e. The highest BCUT2D eigenvalue weighted by Gasteiger charge is 2.37. The van der Waals surface area contributed by atoms with E-state index in [-0.39, 0.29) is 0 Å². The van der Waals surface area contributed by atoms with Gasteiger partial charge < -0.3 is 5.11 Å². The van der Waals surface area contributed by atoms with Gasteiger partial charge >= 0.3 is 0 Å². The first kappa shape index (κ1) is 12.0. The summed E-state index contributed by atoms with van der Waals surface area (Å²) in [6.45, 7) is 1.74. The van der Waals surface area contributed by atoms with E-state index in [2.05, 4.69) is 4.99 Å². The first-order valence-corrected chi connectivity index (χ1v) is 6.06. The van der Waals surface area contributed by atoms with E-state index in [1.165, 1.54) is 0 Å². The van der Waals surface area contributed by atoms with E-state index in [4.69, 9.17) is 0 Å². The first-order chi connectivity index (χ1) is 8.19. The Labute approximate surface area is 101 Å². The zero-order valence-electron chi connectivity index (χ0n) is 10.0. The quantitative estimate of drug-likeness (QED) is 0.642. The Bertz CT molecular complexity index is 441. The highest BCUT2D eigenvalue weighted by Crippen LogP contribution is 2.44. The monoisotopic (exact) mass is 231 g/mol. The molecule has 1 atom stereocenters. The third-order valence-electron chi connectivity index (χ3n) is 3.60. The molecule has 2 rings (SSSR count). The van der Waals surface area contributed by atoms with Crippen molar-refractivity contribution < 1.29 is 9.90 Å². The van der Waals surface area contributed by atoms with Gasteiger partial charge in [-0.2, -0.15) is 4.99 Å². The molecule has 0 heterocycles. The molecule has 0 amide bonds. The maximum absolute atomic E-state index is 10.7. The van der Waals surface area contributed by atoms with Crippen LogP contribution < -0.4 is 0 Å². The Morgan fingerprint density at radius 3 is 2.59 bits per heavy atom. The number of isocyanates is 1. The summed E-state index contributed by atoms with van der Waals surface area (Å²) in [5, 5.41) is 9.81. The van der Waals surface area contributed by atoms with E-state index < -0.39 is 11.6 Å². The van der Waals surface area contributed by atoms with Gasteiger partial charge in [-0.25, -0.2) is 4.79 Å². The number of rotatable bonds is 3. The third-order valence-corrected chi connectivity index (χ3v) is 3.60. The topological polar surface area (TPSA) is 49.7 Å². The van der Waals surface area contributed by atoms with Crippen molar-refractivity contribution in [1.82, 2.24) is 0 Å². The van der Waals surface area contributed by atoms with Gasteiger partial charge in [-0.1, -0.05) is 37.1 Å². The summed E-state index contributed by atoms with van der Waals surface area (Å²) in [5.41, 5.74) is 1.40. The van der Waals surface area contributed by atoms with Crippen molar-refractivity contribution in [3.05, 3.63) is 35.4 Å². The van der Waals surface area contributed by atoms with E-state index in [9.17, 15) is 9.90 Å². The lowest BCUT2D eigenvalue weighted by Gasteiger charge is -2.26. The minimum atomic E-state index is -0.537. The van der Waals surface area contributed by atoms with E-state index in [1.807, 2.05) is 24.3 Å². The molecule has 1 unspecified atom stereocenters. The molecule has 0 aromatic heterocycles. The zero-order chi connectivity index (χ0) is 12.3. The fraction of sp³-hybridized carbons (Fsp3) is 0.500. The number of nitrogens with zero attached hydrogens (tertiary/aromatic N) is 1. The predicted octanol–water partition coefficient (Wildman–Crippen LogP) is 2.85. The van der Waals surface area contributed by atoms with E-state index in [0.29, 0.717) is 0 Å².